The number of carbonyl (C=O) groups excluding carboxylic acids is 1. The molecule has 2 saturated heterocycles. The normalized spacial score (nSPS) is 30.6. The number of piperidine rings is 1. The molecule has 2 rings (SSSR count). The molecule has 74 valence electrons. The molecular formula is C9H16N2O2. The molecule has 4 heteroatoms. The highest BCUT2D eigenvalue weighted by Gasteiger charge is 2.27. The van der Waals surface area contributed by atoms with E-state index in [2.05, 4.69) is 5.32 Å². The lowest BCUT2D eigenvalue weighted by Crippen LogP contribution is -2.52. The standard InChI is InChI=1S/C9H16N2O2/c12-8-3-1-2-5-11(8)9-7-10-4-6-13-9/h9-10H,1-7H2. The summed E-state index contributed by atoms with van der Waals surface area (Å²) in [6.45, 7) is 3.27. The molecule has 0 radical (unpaired) electrons. The Labute approximate surface area is 78.2 Å². The Balaban J connectivity index is 1.92. The molecule has 0 saturated carbocycles. The summed E-state index contributed by atoms with van der Waals surface area (Å²) in [5.41, 5.74) is 0. The Morgan fingerprint density at radius 1 is 1.46 bits per heavy atom. The maximum atomic E-state index is 11.5. The second-order valence-electron chi connectivity index (χ2n) is 3.57. The van der Waals surface area contributed by atoms with Crippen LogP contribution in [0.15, 0.2) is 0 Å². The van der Waals surface area contributed by atoms with Gasteiger partial charge in [-0.25, -0.2) is 0 Å². The summed E-state index contributed by atoms with van der Waals surface area (Å²) in [6.07, 6.45) is 2.84. The van der Waals surface area contributed by atoms with Crippen molar-refractivity contribution in [2.75, 3.05) is 26.2 Å². The lowest BCUT2D eigenvalue weighted by Gasteiger charge is -2.36. The van der Waals surface area contributed by atoms with Crippen molar-refractivity contribution in [2.45, 2.75) is 25.5 Å². The second-order valence-corrected chi connectivity index (χ2v) is 3.57. The van der Waals surface area contributed by atoms with E-state index in [1.165, 1.54) is 0 Å². The minimum absolute atomic E-state index is 0.0125. The van der Waals surface area contributed by atoms with Gasteiger partial charge in [-0.05, 0) is 12.8 Å². The van der Waals surface area contributed by atoms with E-state index < -0.39 is 0 Å². The van der Waals surface area contributed by atoms with Gasteiger partial charge in [0.1, 0.15) is 6.23 Å². The van der Waals surface area contributed by atoms with Crippen molar-refractivity contribution in [2.24, 2.45) is 0 Å². The third-order valence-corrected chi connectivity index (χ3v) is 2.62. The fourth-order valence-electron chi connectivity index (χ4n) is 1.88. The van der Waals surface area contributed by atoms with Crippen molar-refractivity contribution in [3.05, 3.63) is 0 Å². The number of nitrogens with one attached hydrogen (secondary N) is 1. The molecule has 0 bridgehead atoms. The summed E-state index contributed by atoms with van der Waals surface area (Å²) < 4.78 is 5.53. The van der Waals surface area contributed by atoms with E-state index in [1.54, 1.807) is 0 Å². The molecule has 2 heterocycles. The van der Waals surface area contributed by atoms with E-state index >= 15 is 0 Å². The maximum absolute atomic E-state index is 11.5. The van der Waals surface area contributed by atoms with Crippen LogP contribution in [0.2, 0.25) is 0 Å². The first kappa shape index (κ1) is 8.97. The molecule has 2 aliphatic heterocycles. The van der Waals surface area contributed by atoms with Crippen LogP contribution in [0.1, 0.15) is 19.3 Å². The smallest absolute Gasteiger partial charge is 0.224 e. The predicted octanol–water partition coefficient (Wildman–Crippen LogP) is -0.0552. The Hall–Kier alpha value is -0.610. The summed E-state index contributed by atoms with van der Waals surface area (Å²) in [7, 11) is 0. The van der Waals surface area contributed by atoms with E-state index in [-0.39, 0.29) is 12.1 Å². The molecule has 1 unspecified atom stereocenters. The lowest BCUT2D eigenvalue weighted by atomic mass is 10.1. The van der Waals surface area contributed by atoms with Crippen LogP contribution in [-0.4, -0.2) is 43.3 Å². The third kappa shape index (κ3) is 2.00. The molecule has 2 fully saturated rings. The second kappa shape index (κ2) is 4.07. The minimum Gasteiger partial charge on any atom is -0.356 e. The summed E-state index contributed by atoms with van der Waals surface area (Å²) in [5, 5.41) is 3.23. The minimum atomic E-state index is -0.0125. The zero-order valence-corrected chi connectivity index (χ0v) is 7.79. The van der Waals surface area contributed by atoms with Crippen molar-refractivity contribution >= 4 is 5.91 Å². The van der Waals surface area contributed by atoms with Crippen molar-refractivity contribution in [3.63, 3.8) is 0 Å². The average Bonchev–Trinajstić information content (AvgIpc) is 2.20. The van der Waals surface area contributed by atoms with E-state index in [1.807, 2.05) is 4.90 Å². The molecule has 4 nitrogen and oxygen atoms in total. The zero-order chi connectivity index (χ0) is 9.10. The third-order valence-electron chi connectivity index (χ3n) is 2.62. The first-order chi connectivity index (χ1) is 6.38. The number of rotatable bonds is 1. The van der Waals surface area contributed by atoms with Gasteiger partial charge in [0.15, 0.2) is 0 Å². The summed E-state index contributed by atoms with van der Waals surface area (Å²) >= 11 is 0. The SMILES string of the molecule is O=C1CCCCN1C1CNCCO1. The fourth-order valence-corrected chi connectivity index (χ4v) is 1.88. The van der Waals surface area contributed by atoms with Crippen molar-refractivity contribution < 1.29 is 9.53 Å². The number of carbonyl (C=O) groups is 1. The van der Waals surface area contributed by atoms with Crippen LogP contribution < -0.4 is 5.32 Å². The van der Waals surface area contributed by atoms with Gasteiger partial charge in [0, 0.05) is 26.1 Å². The van der Waals surface area contributed by atoms with Gasteiger partial charge in [0.2, 0.25) is 5.91 Å². The quantitative estimate of drug-likeness (QED) is 0.621. The number of nitrogens with zero attached hydrogens (tertiary/aromatic N) is 1. The van der Waals surface area contributed by atoms with E-state index in [0.29, 0.717) is 13.0 Å². The molecule has 2 aliphatic rings. The number of hydrogen-bond acceptors (Lipinski definition) is 3. The molecule has 0 aromatic carbocycles. The number of likely N-dealkylation sites (tertiary alicyclic amines) is 1. The highest BCUT2D eigenvalue weighted by atomic mass is 16.5. The monoisotopic (exact) mass is 184 g/mol. The number of ether oxygens (including phenoxy) is 1. The Kier molecular flexibility index (Phi) is 2.80. The molecule has 0 aliphatic carbocycles. The average molecular weight is 184 g/mol. The first-order valence-electron chi connectivity index (χ1n) is 5.00. The van der Waals surface area contributed by atoms with Crippen LogP contribution in [0.3, 0.4) is 0 Å². The van der Waals surface area contributed by atoms with Gasteiger partial charge < -0.3 is 15.0 Å². The number of morpholine rings is 1. The highest BCUT2D eigenvalue weighted by Crippen LogP contribution is 2.15. The number of hydrogen-bond donors (Lipinski definition) is 1. The lowest BCUT2D eigenvalue weighted by molar-refractivity contribution is -0.151. The Bertz CT molecular complexity index is 190. The molecule has 13 heavy (non-hydrogen) atoms. The van der Waals surface area contributed by atoms with Gasteiger partial charge in [-0.3, -0.25) is 4.79 Å². The molecule has 1 N–H and O–H groups in total. The summed E-state index contributed by atoms with van der Waals surface area (Å²) in [6, 6.07) is 0. The molecule has 0 aromatic heterocycles. The van der Waals surface area contributed by atoms with Crippen molar-refractivity contribution in [3.8, 4) is 0 Å². The molecule has 0 spiro atoms. The van der Waals surface area contributed by atoms with Crippen LogP contribution in [0.4, 0.5) is 0 Å². The number of amides is 1. The molecule has 1 amide bonds. The summed E-state index contributed by atoms with van der Waals surface area (Å²) in [5.74, 6) is 0.250. The van der Waals surface area contributed by atoms with E-state index in [4.69, 9.17) is 4.74 Å². The van der Waals surface area contributed by atoms with Gasteiger partial charge >= 0.3 is 0 Å². The van der Waals surface area contributed by atoms with Gasteiger partial charge in [-0.1, -0.05) is 0 Å². The van der Waals surface area contributed by atoms with Gasteiger partial charge in [0.25, 0.3) is 0 Å². The Morgan fingerprint density at radius 2 is 2.38 bits per heavy atom. The van der Waals surface area contributed by atoms with Crippen LogP contribution in [-0.2, 0) is 9.53 Å². The van der Waals surface area contributed by atoms with Crippen LogP contribution >= 0.6 is 0 Å². The van der Waals surface area contributed by atoms with Gasteiger partial charge in [-0.15, -0.1) is 0 Å². The first-order valence-corrected chi connectivity index (χ1v) is 5.00. The highest BCUT2D eigenvalue weighted by molar-refractivity contribution is 5.77. The van der Waals surface area contributed by atoms with Gasteiger partial charge in [-0.2, -0.15) is 0 Å². The molecular weight excluding hydrogens is 168 g/mol. The van der Waals surface area contributed by atoms with Crippen LogP contribution in [0, 0.1) is 0 Å². The summed E-state index contributed by atoms with van der Waals surface area (Å²) in [4.78, 5) is 13.4. The van der Waals surface area contributed by atoms with Crippen molar-refractivity contribution in [1.82, 2.24) is 10.2 Å². The topological polar surface area (TPSA) is 41.6 Å². The zero-order valence-electron chi connectivity index (χ0n) is 7.79. The van der Waals surface area contributed by atoms with Crippen molar-refractivity contribution in [1.29, 1.82) is 0 Å². The van der Waals surface area contributed by atoms with E-state index in [9.17, 15) is 4.79 Å². The molecule has 1 atom stereocenters. The van der Waals surface area contributed by atoms with E-state index in [0.717, 1.165) is 32.5 Å². The fraction of sp³-hybridized carbons (Fsp3) is 0.889. The van der Waals surface area contributed by atoms with Gasteiger partial charge in [0.05, 0.1) is 6.61 Å². The largest absolute Gasteiger partial charge is 0.356 e. The maximum Gasteiger partial charge on any atom is 0.224 e. The Morgan fingerprint density at radius 3 is 3.08 bits per heavy atom. The molecule has 0 aromatic rings. The van der Waals surface area contributed by atoms with Crippen LogP contribution in [0.25, 0.3) is 0 Å². The predicted molar refractivity (Wildman–Crippen MR) is 48.2 cm³/mol. The van der Waals surface area contributed by atoms with Crippen LogP contribution in [0.5, 0.6) is 0 Å².